The van der Waals surface area contributed by atoms with Crippen LogP contribution in [0.3, 0.4) is 0 Å². The second-order valence-electron chi connectivity index (χ2n) is 5.56. The van der Waals surface area contributed by atoms with Gasteiger partial charge in [-0.05, 0) is 45.0 Å². The molecule has 0 amide bonds. The van der Waals surface area contributed by atoms with E-state index in [1.807, 2.05) is 19.2 Å². The summed E-state index contributed by atoms with van der Waals surface area (Å²) >= 11 is 5.24. The summed E-state index contributed by atoms with van der Waals surface area (Å²) in [6, 6.07) is 2.44. The molecule has 1 atom stereocenters. The summed E-state index contributed by atoms with van der Waals surface area (Å²) in [4.78, 5) is 9.82. The SMILES string of the molecule is CCC1CN(C)CCCN1c1nccc(C)c1C(N)=S. The summed E-state index contributed by atoms with van der Waals surface area (Å²) in [6.45, 7) is 7.47. The Morgan fingerprint density at radius 1 is 1.50 bits per heavy atom. The lowest BCUT2D eigenvalue weighted by molar-refractivity contribution is 0.327. The number of likely N-dealkylation sites (N-methyl/N-ethyl adjacent to an activating group) is 1. The van der Waals surface area contributed by atoms with Gasteiger partial charge in [-0.3, -0.25) is 0 Å². The molecule has 1 aliphatic rings. The van der Waals surface area contributed by atoms with E-state index in [1.165, 1.54) is 0 Å². The predicted octanol–water partition coefficient (Wildman–Crippen LogP) is 1.94. The molecule has 4 nitrogen and oxygen atoms in total. The zero-order valence-corrected chi connectivity index (χ0v) is 13.4. The van der Waals surface area contributed by atoms with Gasteiger partial charge >= 0.3 is 0 Å². The van der Waals surface area contributed by atoms with Crippen molar-refractivity contribution in [2.24, 2.45) is 5.73 Å². The number of hydrogen-bond acceptors (Lipinski definition) is 4. The van der Waals surface area contributed by atoms with Gasteiger partial charge in [-0.15, -0.1) is 0 Å². The largest absolute Gasteiger partial charge is 0.389 e. The maximum atomic E-state index is 5.93. The molecule has 5 heteroatoms. The van der Waals surface area contributed by atoms with E-state index in [9.17, 15) is 0 Å². The van der Waals surface area contributed by atoms with Crippen molar-refractivity contribution in [3.8, 4) is 0 Å². The highest BCUT2D eigenvalue weighted by atomic mass is 32.1. The molecule has 0 aromatic carbocycles. The summed E-state index contributed by atoms with van der Waals surface area (Å²) in [7, 11) is 2.18. The summed E-state index contributed by atoms with van der Waals surface area (Å²) < 4.78 is 0. The monoisotopic (exact) mass is 292 g/mol. The number of hydrogen-bond donors (Lipinski definition) is 1. The van der Waals surface area contributed by atoms with Crippen molar-refractivity contribution < 1.29 is 0 Å². The van der Waals surface area contributed by atoms with Gasteiger partial charge in [0.15, 0.2) is 0 Å². The molecule has 1 fully saturated rings. The fourth-order valence-electron chi connectivity index (χ4n) is 2.94. The van der Waals surface area contributed by atoms with E-state index in [1.54, 1.807) is 0 Å². The minimum atomic E-state index is 0.443. The van der Waals surface area contributed by atoms with Gasteiger partial charge < -0.3 is 15.5 Å². The highest BCUT2D eigenvalue weighted by molar-refractivity contribution is 7.80. The molecule has 0 spiro atoms. The lowest BCUT2D eigenvalue weighted by Gasteiger charge is -2.32. The van der Waals surface area contributed by atoms with E-state index in [4.69, 9.17) is 18.0 Å². The van der Waals surface area contributed by atoms with Crippen LogP contribution in [0.4, 0.5) is 5.82 Å². The topological polar surface area (TPSA) is 45.4 Å². The Bertz CT molecular complexity index is 489. The Balaban J connectivity index is 2.43. The highest BCUT2D eigenvalue weighted by Crippen LogP contribution is 2.25. The first-order valence-corrected chi connectivity index (χ1v) is 7.66. The van der Waals surface area contributed by atoms with Crippen LogP contribution in [0.1, 0.15) is 30.9 Å². The molecule has 0 aliphatic carbocycles. The van der Waals surface area contributed by atoms with Crippen LogP contribution >= 0.6 is 12.2 Å². The van der Waals surface area contributed by atoms with Crippen molar-refractivity contribution >= 4 is 23.0 Å². The van der Waals surface area contributed by atoms with Gasteiger partial charge in [-0.25, -0.2) is 4.98 Å². The van der Waals surface area contributed by atoms with Crippen LogP contribution in [-0.4, -0.2) is 47.6 Å². The van der Waals surface area contributed by atoms with Crippen LogP contribution in [0.2, 0.25) is 0 Å². The maximum Gasteiger partial charge on any atom is 0.139 e. The summed E-state index contributed by atoms with van der Waals surface area (Å²) in [5.41, 5.74) is 7.97. The summed E-state index contributed by atoms with van der Waals surface area (Å²) in [5, 5.41) is 0. The molecular weight excluding hydrogens is 268 g/mol. The number of thiocarbonyl (C=S) groups is 1. The quantitative estimate of drug-likeness (QED) is 0.863. The Hall–Kier alpha value is -1.20. The molecule has 2 N–H and O–H groups in total. The number of nitrogens with two attached hydrogens (primary N) is 1. The third-order valence-corrected chi connectivity index (χ3v) is 4.24. The average Bonchev–Trinajstić information content (AvgIpc) is 2.59. The van der Waals surface area contributed by atoms with Gasteiger partial charge in [0.25, 0.3) is 0 Å². The maximum absolute atomic E-state index is 5.93. The van der Waals surface area contributed by atoms with Crippen LogP contribution in [-0.2, 0) is 0 Å². The van der Waals surface area contributed by atoms with E-state index < -0.39 is 0 Å². The third kappa shape index (κ3) is 3.10. The molecule has 2 rings (SSSR count). The molecule has 1 aromatic heterocycles. The van der Waals surface area contributed by atoms with Crippen LogP contribution < -0.4 is 10.6 Å². The normalized spacial score (nSPS) is 20.8. The fraction of sp³-hybridized carbons (Fsp3) is 0.600. The first kappa shape index (κ1) is 15.2. The van der Waals surface area contributed by atoms with E-state index in [-0.39, 0.29) is 0 Å². The minimum Gasteiger partial charge on any atom is -0.389 e. The van der Waals surface area contributed by atoms with Crippen molar-refractivity contribution in [2.75, 3.05) is 31.6 Å². The van der Waals surface area contributed by atoms with Gasteiger partial charge in [-0.2, -0.15) is 0 Å². The molecule has 110 valence electrons. The standard InChI is InChI=1S/C15H24N4S/c1-4-12-10-18(3)8-5-9-19(12)15-13(14(16)20)11(2)6-7-17-15/h6-7,12H,4-5,8-10H2,1-3H3,(H2,16,20). The molecule has 1 unspecified atom stereocenters. The lowest BCUT2D eigenvalue weighted by Crippen LogP contribution is -2.41. The molecule has 1 aromatic rings. The van der Waals surface area contributed by atoms with Crippen molar-refractivity contribution in [1.29, 1.82) is 0 Å². The lowest BCUT2D eigenvalue weighted by atomic mass is 10.1. The van der Waals surface area contributed by atoms with Gasteiger partial charge in [-0.1, -0.05) is 19.1 Å². The van der Waals surface area contributed by atoms with E-state index in [0.717, 1.165) is 49.4 Å². The number of aryl methyl sites for hydroxylation is 1. The molecule has 1 saturated heterocycles. The number of anilines is 1. The van der Waals surface area contributed by atoms with E-state index in [0.29, 0.717) is 11.0 Å². The average molecular weight is 292 g/mol. The van der Waals surface area contributed by atoms with E-state index >= 15 is 0 Å². The number of pyridine rings is 1. The Labute approximate surface area is 127 Å². The molecule has 0 bridgehead atoms. The Morgan fingerprint density at radius 3 is 2.90 bits per heavy atom. The molecule has 2 heterocycles. The van der Waals surface area contributed by atoms with Gasteiger partial charge in [0.05, 0.1) is 5.56 Å². The number of rotatable bonds is 3. The van der Waals surface area contributed by atoms with Crippen molar-refractivity contribution in [3.63, 3.8) is 0 Å². The van der Waals surface area contributed by atoms with E-state index in [2.05, 4.69) is 28.8 Å². The third-order valence-electron chi connectivity index (χ3n) is 4.03. The van der Waals surface area contributed by atoms with Crippen molar-refractivity contribution in [3.05, 3.63) is 23.4 Å². The number of aromatic nitrogens is 1. The van der Waals surface area contributed by atoms with Crippen LogP contribution in [0.15, 0.2) is 12.3 Å². The Morgan fingerprint density at radius 2 is 2.25 bits per heavy atom. The zero-order chi connectivity index (χ0) is 14.7. The van der Waals surface area contributed by atoms with Crippen molar-refractivity contribution in [1.82, 2.24) is 9.88 Å². The molecule has 1 aliphatic heterocycles. The first-order chi connectivity index (χ1) is 9.54. The van der Waals surface area contributed by atoms with Crippen molar-refractivity contribution in [2.45, 2.75) is 32.7 Å². The summed E-state index contributed by atoms with van der Waals surface area (Å²) in [6.07, 6.45) is 4.09. The van der Waals surface area contributed by atoms with Gasteiger partial charge in [0.1, 0.15) is 10.8 Å². The van der Waals surface area contributed by atoms with Gasteiger partial charge in [0.2, 0.25) is 0 Å². The molecule has 20 heavy (non-hydrogen) atoms. The number of nitrogens with zero attached hydrogens (tertiary/aromatic N) is 3. The second kappa shape index (κ2) is 6.50. The second-order valence-corrected chi connectivity index (χ2v) is 6.00. The Kier molecular flexibility index (Phi) is 4.94. The van der Waals surface area contributed by atoms with Crippen LogP contribution in [0.25, 0.3) is 0 Å². The smallest absolute Gasteiger partial charge is 0.139 e. The fourth-order valence-corrected chi connectivity index (χ4v) is 3.19. The predicted molar refractivity (Wildman–Crippen MR) is 88.4 cm³/mol. The first-order valence-electron chi connectivity index (χ1n) is 7.25. The molecular formula is C15H24N4S. The highest BCUT2D eigenvalue weighted by Gasteiger charge is 2.26. The van der Waals surface area contributed by atoms with Crippen LogP contribution in [0.5, 0.6) is 0 Å². The summed E-state index contributed by atoms with van der Waals surface area (Å²) in [5.74, 6) is 0.958. The molecule has 0 saturated carbocycles. The zero-order valence-electron chi connectivity index (χ0n) is 12.6. The minimum absolute atomic E-state index is 0.443. The van der Waals surface area contributed by atoms with Crippen LogP contribution in [0, 0.1) is 6.92 Å². The van der Waals surface area contributed by atoms with Gasteiger partial charge in [0, 0.05) is 25.3 Å². The molecule has 0 radical (unpaired) electrons.